The second-order valence-corrected chi connectivity index (χ2v) is 7.18. The summed E-state index contributed by atoms with van der Waals surface area (Å²) in [6.45, 7) is 2.69. The highest BCUT2D eigenvalue weighted by molar-refractivity contribution is 6.14. The van der Waals surface area contributed by atoms with Gasteiger partial charge in [0.15, 0.2) is 0 Å². The summed E-state index contributed by atoms with van der Waals surface area (Å²) >= 11 is 0. The van der Waals surface area contributed by atoms with Gasteiger partial charge in [0.05, 0.1) is 6.54 Å². The van der Waals surface area contributed by atoms with Crippen LogP contribution in [0.1, 0.15) is 22.3 Å². The minimum atomic E-state index is -0.423. The van der Waals surface area contributed by atoms with Crippen molar-refractivity contribution in [2.45, 2.75) is 20.1 Å². The van der Waals surface area contributed by atoms with Gasteiger partial charge in [0.1, 0.15) is 18.1 Å². The largest absolute Gasteiger partial charge is 0.488 e. The lowest BCUT2D eigenvalue weighted by Crippen LogP contribution is -2.30. The van der Waals surface area contributed by atoms with Gasteiger partial charge in [-0.3, -0.25) is 9.69 Å². The minimum absolute atomic E-state index is 0.231. The van der Waals surface area contributed by atoms with E-state index in [1.165, 1.54) is 10.5 Å². The van der Waals surface area contributed by atoms with Gasteiger partial charge in [0.2, 0.25) is 0 Å². The maximum atomic E-state index is 12.8. The van der Waals surface area contributed by atoms with Gasteiger partial charge >= 0.3 is 6.03 Å². The van der Waals surface area contributed by atoms with Gasteiger partial charge in [-0.1, -0.05) is 78.4 Å². The molecular weight excluding hydrogens is 376 g/mol. The van der Waals surface area contributed by atoms with Crippen LogP contribution in [-0.4, -0.2) is 16.8 Å². The van der Waals surface area contributed by atoms with Crippen LogP contribution in [0, 0.1) is 6.92 Å². The summed E-state index contributed by atoms with van der Waals surface area (Å²) in [6, 6.07) is 24.6. The second kappa shape index (κ2) is 8.66. The van der Waals surface area contributed by atoms with Crippen LogP contribution < -0.4 is 10.1 Å². The third-order valence-corrected chi connectivity index (χ3v) is 4.84. The molecule has 1 fully saturated rings. The van der Waals surface area contributed by atoms with Gasteiger partial charge in [-0.2, -0.15) is 0 Å². The number of hydrogen-bond acceptors (Lipinski definition) is 3. The average molecular weight is 398 g/mol. The fourth-order valence-corrected chi connectivity index (χ4v) is 3.33. The SMILES string of the molecule is Cc1cccc(COc2ccccc2/C=C2/NC(=O)N(Cc3ccccc3)C2=O)c1. The fourth-order valence-electron chi connectivity index (χ4n) is 3.33. The molecule has 5 nitrogen and oxygen atoms in total. The predicted molar refractivity (Wildman–Crippen MR) is 115 cm³/mol. The first-order valence-corrected chi connectivity index (χ1v) is 9.76. The Morgan fingerprint density at radius 1 is 0.900 bits per heavy atom. The molecule has 1 aliphatic heterocycles. The van der Waals surface area contributed by atoms with Gasteiger partial charge in [0.25, 0.3) is 5.91 Å². The molecule has 3 aromatic rings. The molecule has 30 heavy (non-hydrogen) atoms. The van der Waals surface area contributed by atoms with Crippen molar-refractivity contribution < 1.29 is 14.3 Å². The number of nitrogens with one attached hydrogen (secondary N) is 1. The summed E-state index contributed by atoms with van der Waals surface area (Å²) in [7, 11) is 0. The van der Waals surface area contributed by atoms with Crippen LogP contribution in [-0.2, 0) is 17.9 Å². The predicted octanol–water partition coefficient (Wildman–Crippen LogP) is 4.67. The molecule has 0 radical (unpaired) electrons. The Labute approximate surface area is 175 Å². The molecule has 0 aliphatic carbocycles. The van der Waals surface area contributed by atoms with Crippen molar-refractivity contribution in [1.82, 2.24) is 10.2 Å². The first-order valence-electron chi connectivity index (χ1n) is 9.76. The van der Waals surface area contributed by atoms with Crippen molar-refractivity contribution in [3.63, 3.8) is 0 Å². The zero-order valence-electron chi connectivity index (χ0n) is 16.7. The molecule has 0 spiro atoms. The van der Waals surface area contributed by atoms with Crippen molar-refractivity contribution in [2.24, 2.45) is 0 Å². The number of rotatable bonds is 6. The van der Waals surface area contributed by atoms with Crippen LogP contribution >= 0.6 is 0 Å². The molecule has 0 aromatic heterocycles. The number of imide groups is 1. The van der Waals surface area contributed by atoms with E-state index >= 15 is 0 Å². The summed E-state index contributed by atoms with van der Waals surface area (Å²) in [5.74, 6) is 0.299. The van der Waals surface area contributed by atoms with Crippen LogP contribution in [0.3, 0.4) is 0 Å². The quantitative estimate of drug-likeness (QED) is 0.485. The first-order chi connectivity index (χ1) is 14.6. The number of nitrogens with zero attached hydrogens (tertiary/aromatic N) is 1. The van der Waals surface area contributed by atoms with Crippen LogP contribution in [0.2, 0.25) is 0 Å². The third-order valence-electron chi connectivity index (χ3n) is 4.84. The maximum absolute atomic E-state index is 12.8. The number of aryl methyl sites for hydroxylation is 1. The highest BCUT2D eigenvalue weighted by Crippen LogP contribution is 2.24. The van der Waals surface area contributed by atoms with Crippen molar-refractivity contribution in [1.29, 1.82) is 0 Å². The Bertz CT molecular complexity index is 1110. The van der Waals surface area contributed by atoms with Crippen LogP contribution in [0.25, 0.3) is 6.08 Å². The van der Waals surface area contributed by atoms with Gasteiger partial charge in [-0.15, -0.1) is 0 Å². The smallest absolute Gasteiger partial charge is 0.329 e. The second-order valence-electron chi connectivity index (χ2n) is 7.18. The van der Waals surface area contributed by atoms with Crippen molar-refractivity contribution in [2.75, 3.05) is 0 Å². The summed E-state index contributed by atoms with van der Waals surface area (Å²) in [5, 5.41) is 2.67. The molecule has 0 atom stereocenters. The van der Waals surface area contributed by atoms with E-state index in [-0.39, 0.29) is 18.1 Å². The number of carbonyl (C=O) groups is 2. The number of urea groups is 1. The molecule has 4 rings (SSSR count). The van der Waals surface area contributed by atoms with Crippen LogP contribution in [0.4, 0.5) is 4.79 Å². The topological polar surface area (TPSA) is 58.6 Å². The van der Waals surface area contributed by atoms with E-state index in [2.05, 4.69) is 11.4 Å². The van der Waals surface area contributed by atoms with Crippen LogP contribution in [0.5, 0.6) is 5.75 Å². The van der Waals surface area contributed by atoms with Crippen molar-refractivity contribution >= 4 is 18.0 Å². The summed E-state index contributed by atoms with van der Waals surface area (Å²) < 4.78 is 5.99. The normalized spacial score (nSPS) is 14.8. The lowest BCUT2D eigenvalue weighted by atomic mass is 10.1. The molecule has 0 bridgehead atoms. The Kier molecular flexibility index (Phi) is 5.61. The van der Waals surface area contributed by atoms with Gasteiger partial charge < -0.3 is 10.1 Å². The molecule has 1 saturated heterocycles. The Morgan fingerprint density at radius 3 is 2.43 bits per heavy atom. The average Bonchev–Trinajstić information content (AvgIpc) is 3.01. The molecule has 0 unspecified atom stereocenters. The number of ether oxygens (including phenoxy) is 1. The van der Waals surface area contributed by atoms with Crippen molar-refractivity contribution in [3.8, 4) is 5.75 Å². The molecule has 3 amide bonds. The lowest BCUT2D eigenvalue weighted by Gasteiger charge is -2.11. The summed E-state index contributed by atoms with van der Waals surface area (Å²) in [4.78, 5) is 26.3. The van der Waals surface area contributed by atoms with E-state index in [9.17, 15) is 9.59 Å². The molecule has 1 aliphatic rings. The molecule has 5 heteroatoms. The highest BCUT2D eigenvalue weighted by Gasteiger charge is 2.33. The van der Waals surface area contributed by atoms with E-state index in [4.69, 9.17) is 4.74 Å². The number of benzene rings is 3. The van der Waals surface area contributed by atoms with Crippen LogP contribution in [0.15, 0.2) is 84.6 Å². The van der Waals surface area contributed by atoms with Gasteiger partial charge in [-0.25, -0.2) is 4.79 Å². The molecule has 0 saturated carbocycles. The maximum Gasteiger partial charge on any atom is 0.329 e. The van der Waals surface area contributed by atoms with E-state index in [0.29, 0.717) is 12.4 Å². The number of carbonyl (C=O) groups excluding carboxylic acids is 2. The lowest BCUT2D eigenvalue weighted by molar-refractivity contribution is -0.123. The Hall–Kier alpha value is -3.86. The minimum Gasteiger partial charge on any atom is -0.488 e. The number of amides is 3. The monoisotopic (exact) mass is 398 g/mol. The highest BCUT2D eigenvalue weighted by atomic mass is 16.5. The van der Waals surface area contributed by atoms with E-state index in [1.54, 1.807) is 6.08 Å². The van der Waals surface area contributed by atoms with Gasteiger partial charge in [0, 0.05) is 5.56 Å². The van der Waals surface area contributed by atoms with E-state index in [0.717, 1.165) is 16.7 Å². The zero-order chi connectivity index (χ0) is 20.9. The Morgan fingerprint density at radius 2 is 1.63 bits per heavy atom. The first kappa shape index (κ1) is 19.5. The molecule has 3 aromatic carbocycles. The standard InChI is InChI=1S/C25H22N2O3/c1-18-8-7-11-20(14-18)17-30-23-13-6-5-12-21(23)15-22-24(28)27(25(29)26-22)16-19-9-3-2-4-10-19/h2-15H,16-17H2,1H3,(H,26,29)/b22-15+. The fraction of sp³-hybridized carbons (Fsp3) is 0.120. The van der Waals surface area contributed by atoms with E-state index < -0.39 is 6.03 Å². The number of hydrogen-bond donors (Lipinski definition) is 1. The van der Waals surface area contributed by atoms with Crippen molar-refractivity contribution in [3.05, 3.63) is 107 Å². The molecule has 1 heterocycles. The molecular formula is C25H22N2O3. The van der Waals surface area contributed by atoms with Gasteiger partial charge in [-0.05, 0) is 30.2 Å². The zero-order valence-corrected chi connectivity index (χ0v) is 16.7. The summed E-state index contributed by atoms with van der Waals surface area (Å²) in [5.41, 5.74) is 4.10. The summed E-state index contributed by atoms with van der Waals surface area (Å²) in [6.07, 6.45) is 1.66. The van der Waals surface area contributed by atoms with E-state index in [1.807, 2.05) is 79.7 Å². The molecule has 150 valence electrons. The Balaban J connectivity index is 1.52. The third kappa shape index (κ3) is 4.41. The molecule has 1 N–H and O–H groups in total. The number of para-hydroxylation sites is 1.